The van der Waals surface area contributed by atoms with Crippen LogP contribution < -0.4 is 16.0 Å². The van der Waals surface area contributed by atoms with Crippen LogP contribution in [0.5, 0.6) is 0 Å². The first kappa shape index (κ1) is 18.4. The maximum absolute atomic E-state index is 11.0. The number of aromatic nitrogens is 2. The number of rotatable bonds is 8. The number of nitrogens with two attached hydrogens (primary N) is 1. The van der Waals surface area contributed by atoms with Gasteiger partial charge in [-0.15, -0.1) is 0 Å². The molecule has 134 valence electrons. The Morgan fingerprint density at radius 1 is 1.24 bits per heavy atom. The molecule has 0 atom stereocenters. The third-order valence-corrected chi connectivity index (χ3v) is 3.89. The summed E-state index contributed by atoms with van der Waals surface area (Å²) in [7, 11) is 0. The van der Waals surface area contributed by atoms with E-state index in [1.165, 1.54) is 6.07 Å². The third kappa shape index (κ3) is 4.34. The van der Waals surface area contributed by atoms with Crippen LogP contribution in [0.25, 0.3) is 0 Å². The van der Waals surface area contributed by atoms with Crippen LogP contribution >= 0.6 is 0 Å². The first-order chi connectivity index (χ1) is 12.0. The summed E-state index contributed by atoms with van der Waals surface area (Å²) in [6, 6.07) is 6.61. The molecule has 25 heavy (non-hydrogen) atoms. The number of para-hydroxylation sites is 1. The van der Waals surface area contributed by atoms with Crippen LogP contribution in [0.1, 0.15) is 32.9 Å². The Morgan fingerprint density at radius 2 is 1.96 bits per heavy atom. The molecule has 1 heterocycles. The lowest BCUT2D eigenvalue weighted by Gasteiger charge is -2.21. The van der Waals surface area contributed by atoms with Gasteiger partial charge in [-0.2, -0.15) is 4.98 Å². The SMILES string of the molecule is CCCc1cc(N(CC)CC)nc(Nc2cccc([N+](=O)[O-])c2N)n1. The van der Waals surface area contributed by atoms with Gasteiger partial charge in [0.05, 0.1) is 10.6 Å². The normalized spacial score (nSPS) is 10.5. The molecule has 0 aliphatic heterocycles. The van der Waals surface area contributed by atoms with Gasteiger partial charge in [0.2, 0.25) is 5.95 Å². The zero-order valence-electron chi connectivity index (χ0n) is 14.8. The molecule has 0 saturated heterocycles. The summed E-state index contributed by atoms with van der Waals surface area (Å²) in [6.45, 7) is 7.88. The van der Waals surface area contributed by atoms with Gasteiger partial charge in [-0.05, 0) is 26.3 Å². The molecule has 0 aliphatic rings. The molecule has 0 bridgehead atoms. The fourth-order valence-corrected chi connectivity index (χ4v) is 2.57. The van der Waals surface area contributed by atoms with E-state index in [1.54, 1.807) is 12.1 Å². The van der Waals surface area contributed by atoms with Crippen LogP contribution in [0, 0.1) is 10.1 Å². The molecule has 2 rings (SSSR count). The lowest BCUT2D eigenvalue weighted by atomic mass is 10.2. The van der Waals surface area contributed by atoms with Crippen molar-refractivity contribution in [2.45, 2.75) is 33.6 Å². The van der Waals surface area contributed by atoms with Crippen LogP contribution in [-0.2, 0) is 6.42 Å². The summed E-state index contributed by atoms with van der Waals surface area (Å²) in [5.41, 5.74) is 7.19. The van der Waals surface area contributed by atoms with Crippen molar-refractivity contribution in [1.82, 2.24) is 9.97 Å². The maximum atomic E-state index is 11.0. The summed E-state index contributed by atoms with van der Waals surface area (Å²) in [5.74, 6) is 1.22. The molecule has 0 amide bonds. The molecule has 8 nitrogen and oxygen atoms in total. The summed E-state index contributed by atoms with van der Waals surface area (Å²) in [5, 5.41) is 14.1. The number of nitrogen functional groups attached to an aromatic ring is 1. The molecule has 3 N–H and O–H groups in total. The molecule has 0 fully saturated rings. The number of nitrogens with one attached hydrogen (secondary N) is 1. The average molecular weight is 344 g/mol. The molecule has 0 spiro atoms. The van der Waals surface area contributed by atoms with E-state index < -0.39 is 4.92 Å². The first-order valence-electron chi connectivity index (χ1n) is 8.42. The van der Waals surface area contributed by atoms with Gasteiger partial charge in [0.1, 0.15) is 11.5 Å². The van der Waals surface area contributed by atoms with E-state index in [4.69, 9.17) is 5.73 Å². The monoisotopic (exact) mass is 344 g/mol. The summed E-state index contributed by atoms with van der Waals surface area (Å²) >= 11 is 0. The highest BCUT2D eigenvalue weighted by atomic mass is 16.6. The number of anilines is 4. The van der Waals surface area contributed by atoms with E-state index in [1.807, 2.05) is 6.07 Å². The number of hydrogen-bond acceptors (Lipinski definition) is 7. The number of nitro groups is 1. The molecule has 2 aromatic rings. The highest BCUT2D eigenvalue weighted by molar-refractivity contribution is 5.78. The molecule has 1 aromatic heterocycles. The topological polar surface area (TPSA) is 110 Å². The first-order valence-corrected chi connectivity index (χ1v) is 8.42. The van der Waals surface area contributed by atoms with Crippen molar-refractivity contribution >= 4 is 28.8 Å². The lowest BCUT2D eigenvalue weighted by Crippen LogP contribution is -2.23. The largest absolute Gasteiger partial charge is 0.391 e. The zero-order valence-corrected chi connectivity index (χ0v) is 14.8. The molecule has 0 unspecified atom stereocenters. The lowest BCUT2D eigenvalue weighted by molar-refractivity contribution is -0.383. The number of aryl methyl sites for hydroxylation is 1. The quantitative estimate of drug-likeness (QED) is 0.428. The van der Waals surface area contributed by atoms with Gasteiger partial charge in [0, 0.05) is 30.9 Å². The molecule has 8 heteroatoms. The Kier molecular flexibility index (Phi) is 6.10. The van der Waals surface area contributed by atoms with Gasteiger partial charge in [-0.1, -0.05) is 19.4 Å². The number of hydrogen-bond donors (Lipinski definition) is 2. The van der Waals surface area contributed by atoms with Gasteiger partial charge >= 0.3 is 0 Å². The number of benzene rings is 1. The van der Waals surface area contributed by atoms with E-state index in [9.17, 15) is 10.1 Å². The van der Waals surface area contributed by atoms with Gasteiger partial charge in [0.15, 0.2) is 0 Å². The second kappa shape index (κ2) is 8.27. The van der Waals surface area contributed by atoms with Crippen LogP contribution in [-0.4, -0.2) is 28.0 Å². The van der Waals surface area contributed by atoms with Gasteiger partial charge in [0.25, 0.3) is 5.69 Å². The van der Waals surface area contributed by atoms with Crippen molar-refractivity contribution in [3.8, 4) is 0 Å². The molecule has 0 saturated carbocycles. The Morgan fingerprint density at radius 3 is 2.56 bits per heavy atom. The van der Waals surface area contributed by atoms with Gasteiger partial charge in [-0.25, -0.2) is 4.98 Å². The van der Waals surface area contributed by atoms with Crippen molar-refractivity contribution in [3.05, 3.63) is 40.1 Å². The molecular weight excluding hydrogens is 320 g/mol. The van der Waals surface area contributed by atoms with Crippen LogP contribution in [0.4, 0.5) is 28.8 Å². The molecule has 0 aliphatic carbocycles. The number of nitrogens with zero attached hydrogens (tertiary/aromatic N) is 4. The van der Waals surface area contributed by atoms with Crippen LogP contribution in [0.2, 0.25) is 0 Å². The van der Waals surface area contributed by atoms with Crippen molar-refractivity contribution in [1.29, 1.82) is 0 Å². The highest BCUT2D eigenvalue weighted by Gasteiger charge is 2.16. The summed E-state index contributed by atoms with van der Waals surface area (Å²) in [6.07, 6.45) is 1.79. The van der Waals surface area contributed by atoms with E-state index in [-0.39, 0.29) is 11.4 Å². The van der Waals surface area contributed by atoms with Crippen molar-refractivity contribution in [2.24, 2.45) is 0 Å². The zero-order chi connectivity index (χ0) is 18.4. The predicted octanol–water partition coefficient (Wildman–Crippen LogP) is 3.51. The van der Waals surface area contributed by atoms with Gasteiger partial charge < -0.3 is 16.0 Å². The Labute approximate surface area is 147 Å². The smallest absolute Gasteiger partial charge is 0.294 e. The summed E-state index contributed by atoms with van der Waals surface area (Å²) in [4.78, 5) is 21.7. The van der Waals surface area contributed by atoms with E-state index in [0.717, 1.165) is 37.4 Å². The third-order valence-electron chi connectivity index (χ3n) is 3.89. The Hall–Kier alpha value is -2.90. The average Bonchev–Trinajstić information content (AvgIpc) is 2.58. The van der Waals surface area contributed by atoms with Crippen molar-refractivity contribution in [3.63, 3.8) is 0 Å². The summed E-state index contributed by atoms with van der Waals surface area (Å²) < 4.78 is 0. The standard InChI is InChI=1S/C17H24N6O2/c1-4-8-12-11-15(22(5-2)6-3)21-17(19-12)20-13-9-7-10-14(16(13)18)23(24)25/h7,9-11H,4-6,8,18H2,1-3H3,(H,19,20,21). The molecule has 1 aromatic carbocycles. The second-order valence-corrected chi connectivity index (χ2v) is 5.58. The minimum Gasteiger partial charge on any atom is -0.391 e. The maximum Gasteiger partial charge on any atom is 0.294 e. The fourth-order valence-electron chi connectivity index (χ4n) is 2.57. The van der Waals surface area contributed by atoms with Crippen molar-refractivity contribution in [2.75, 3.05) is 29.0 Å². The van der Waals surface area contributed by atoms with E-state index in [2.05, 4.69) is 41.0 Å². The number of nitro benzene ring substituents is 1. The van der Waals surface area contributed by atoms with Gasteiger partial charge in [-0.3, -0.25) is 10.1 Å². The highest BCUT2D eigenvalue weighted by Crippen LogP contribution is 2.30. The minimum absolute atomic E-state index is 0.0707. The van der Waals surface area contributed by atoms with Crippen LogP contribution in [0.15, 0.2) is 24.3 Å². The Balaban J connectivity index is 2.42. The second-order valence-electron chi connectivity index (χ2n) is 5.58. The fraction of sp³-hybridized carbons (Fsp3) is 0.412. The van der Waals surface area contributed by atoms with Crippen LogP contribution in [0.3, 0.4) is 0 Å². The predicted molar refractivity (Wildman–Crippen MR) is 100 cm³/mol. The minimum atomic E-state index is -0.504. The molecule has 0 radical (unpaired) electrons. The van der Waals surface area contributed by atoms with E-state index >= 15 is 0 Å². The van der Waals surface area contributed by atoms with E-state index in [0.29, 0.717) is 11.6 Å². The Bertz CT molecular complexity index is 746. The van der Waals surface area contributed by atoms with Crippen molar-refractivity contribution < 1.29 is 4.92 Å². The molecular formula is C17H24N6O2.